The van der Waals surface area contributed by atoms with Crippen LogP contribution in [-0.2, 0) is 4.79 Å². The molecular formula is C4H7KO3S. The molecule has 0 aromatic carbocycles. The van der Waals surface area contributed by atoms with E-state index in [9.17, 15) is 5.11 Å². The number of thiocarbonyl (C=S) groups is 1. The first kappa shape index (κ1) is 16.5. The van der Waals surface area contributed by atoms with E-state index in [1.807, 2.05) is 0 Å². The monoisotopic (exact) mass is 174 g/mol. The van der Waals surface area contributed by atoms with Gasteiger partial charge in [0.1, 0.15) is 0 Å². The first-order valence-electron chi connectivity index (χ1n) is 1.84. The van der Waals surface area contributed by atoms with Gasteiger partial charge in [-0.25, -0.2) is 0 Å². The van der Waals surface area contributed by atoms with E-state index in [-0.39, 0.29) is 56.4 Å². The molecule has 0 saturated carbocycles. The Hall–Kier alpha value is 0.996. The number of carbonyl (C=O) groups is 1. The summed E-state index contributed by atoms with van der Waals surface area (Å²) in [4.78, 5) is 9.00. The van der Waals surface area contributed by atoms with Crippen LogP contribution < -0.4 is 56.5 Å². The fraction of sp³-hybridized carbons (Fsp3) is 0.500. The average molecular weight is 174 g/mol. The van der Waals surface area contributed by atoms with Crippen LogP contribution in [0.4, 0.5) is 0 Å². The van der Waals surface area contributed by atoms with E-state index in [1.54, 1.807) is 0 Å². The van der Waals surface area contributed by atoms with Crippen LogP contribution in [0.3, 0.4) is 0 Å². The summed E-state index contributed by atoms with van der Waals surface area (Å²) in [5, 5.41) is 16.4. The van der Waals surface area contributed by atoms with Gasteiger partial charge in [-0.3, -0.25) is 4.79 Å². The van der Waals surface area contributed by atoms with Crippen molar-refractivity contribution in [3.63, 3.8) is 0 Å². The molecule has 3 nitrogen and oxygen atoms in total. The largest absolute Gasteiger partial charge is 1.00 e. The normalized spacial score (nSPS) is 5.56. The summed E-state index contributed by atoms with van der Waals surface area (Å²) in [6.45, 7) is 2.43. The number of carboxylic acid groups (broad SMARTS) is 1. The van der Waals surface area contributed by atoms with E-state index in [1.165, 1.54) is 6.92 Å². The Kier molecular flexibility index (Phi) is 21.6. The standard InChI is InChI=1S/C2H4O2.C2H4OS.K/c2*1-2(3)4;/h2*1H3,(H,3,4);/q;;+1/p-1. The predicted octanol–water partition coefficient (Wildman–Crippen LogP) is -3.21. The number of carboxylic acids is 1. The maximum Gasteiger partial charge on any atom is 1.00 e. The minimum absolute atomic E-state index is 0. The Morgan fingerprint density at radius 2 is 1.56 bits per heavy atom. The van der Waals surface area contributed by atoms with E-state index in [4.69, 9.17) is 9.90 Å². The fourth-order valence-corrected chi connectivity index (χ4v) is 0. The smallest absolute Gasteiger partial charge is 0.868 e. The average Bonchev–Trinajstić information content (AvgIpc) is 1.25. The number of rotatable bonds is 0. The molecule has 0 amide bonds. The van der Waals surface area contributed by atoms with Crippen molar-refractivity contribution in [2.24, 2.45) is 0 Å². The molecule has 0 aliphatic heterocycles. The molecule has 0 atom stereocenters. The second-order valence-corrected chi connectivity index (χ2v) is 1.59. The minimum Gasteiger partial charge on any atom is -0.868 e. The number of hydrogen-bond donors (Lipinski definition) is 1. The van der Waals surface area contributed by atoms with Crippen molar-refractivity contribution in [1.82, 2.24) is 0 Å². The maximum atomic E-state index is 9.26. The van der Waals surface area contributed by atoms with Crippen molar-refractivity contribution < 1.29 is 66.4 Å². The SMILES string of the molecule is CC(=O)O.CC([O-])=S.[K+]. The van der Waals surface area contributed by atoms with E-state index in [0.29, 0.717) is 0 Å². The van der Waals surface area contributed by atoms with Crippen LogP contribution in [0.1, 0.15) is 13.8 Å². The number of aliphatic carboxylic acids is 1. The van der Waals surface area contributed by atoms with Crippen LogP contribution in [-0.4, -0.2) is 16.1 Å². The molecule has 0 heterocycles. The van der Waals surface area contributed by atoms with Gasteiger partial charge in [-0.1, -0.05) is 5.05 Å². The molecular weight excluding hydrogens is 167 g/mol. The quantitative estimate of drug-likeness (QED) is 0.310. The van der Waals surface area contributed by atoms with Crippen molar-refractivity contribution in [3.8, 4) is 0 Å². The second kappa shape index (κ2) is 11.8. The molecule has 5 heteroatoms. The Morgan fingerprint density at radius 3 is 1.56 bits per heavy atom. The van der Waals surface area contributed by atoms with Crippen molar-refractivity contribution in [1.29, 1.82) is 0 Å². The molecule has 48 valence electrons. The topological polar surface area (TPSA) is 60.4 Å². The molecule has 0 radical (unpaired) electrons. The summed E-state index contributed by atoms with van der Waals surface area (Å²) in [5.74, 6) is -0.833. The summed E-state index contributed by atoms with van der Waals surface area (Å²) in [5.41, 5.74) is 0. The summed E-state index contributed by atoms with van der Waals surface area (Å²) in [7, 11) is 0. The predicted molar refractivity (Wildman–Crippen MR) is 31.6 cm³/mol. The third kappa shape index (κ3) is 444. The van der Waals surface area contributed by atoms with Crippen LogP contribution in [0, 0.1) is 0 Å². The van der Waals surface area contributed by atoms with E-state index in [2.05, 4.69) is 12.2 Å². The molecule has 0 spiro atoms. The van der Waals surface area contributed by atoms with Gasteiger partial charge in [-0.05, 0) is 6.92 Å². The van der Waals surface area contributed by atoms with Gasteiger partial charge >= 0.3 is 51.4 Å². The molecule has 0 fully saturated rings. The molecule has 0 aliphatic rings. The zero-order chi connectivity index (χ0) is 7.15. The maximum absolute atomic E-state index is 9.26. The number of hydrogen-bond acceptors (Lipinski definition) is 3. The zero-order valence-electron chi connectivity index (χ0n) is 5.67. The second-order valence-electron chi connectivity index (χ2n) is 1.01. The van der Waals surface area contributed by atoms with Gasteiger partial charge in [0, 0.05) is 6.92 Å². The van der Waals surface area contributed by atoms with Crippen molar-refractivity contribution >= 4 is 23.2 Å². The summed E-state index contributed by atoms with van der Waals surface area (Å²) in [6, 6.07) is 0. The summed E-state index contributed by atoms with van der Waals surface area (Å²) < 4.78 is 0. The van der Waals surface area contributed by atoms with Gasteiger partial charge < -0.3 is 10.2 Å². The Morgan fingerprint density at radius 1 is 1.56 bits per heavy atom. The first-order chi connectivity index (χ1) is 3.46. The molecule has 9 heavy (non-hydrogen) atoms. The van der Waals surface area contributed by atoms with Crippen LogP contribution in [0.25, 0.3) is 0 Å². The van der Waals surface area contributed by atoms with Crippen molar-refractivity contribution in [2.75, 3.05) is 0 Å². The van der Waals surface area contributed by atoms with Crippen molar-refractivity contribution in [3.05, 3.63) is 0 Å². The third-order valence-corrected chi connectivity index (χ3v) is 0. The van der Waals surface area contributed by atoms with Crippen LogP contribution in [0.5, 0.6) is 0 Å². The molecule has 0 aliphatic carbocycles. The van der Waals surface area contributed by atoms with Crippen LogP contribution in [0.2, 0.25) is 0 Å². The van der Waals surface area contributed by atoms with Crippen molar-refractivity contribution in [2.45, 2.75) is 13.8 Å². The molecule has 0 unspecified atom stereocenters. The summed E-state index contributed by atoms with van der Waals surface area (Å²) in [6.07, 6.45) is 0. The van der Waals surface area contributed by atoms with E-state index >= 15 is 0 Å². The Balaban J connectivity index is -0.0000000720. The first-order valence-corrected chi connectivity index (χ1v) is 2.24. The molecule has 0 saturated heterocycles. The Labute approximate surface area is 102 Å². The molecule has 0 aromatic rings. The fourth-order valence-electron chi connectivity index (χ4n) is 0. The zero-order valence-corrected chi connectivity index (χ0v) is 9.61. The van der Waals surface area contributed by atoms with Gasteiger partial charge in [0.25, 0.3) is 5.97 Å². The minimum atomic E-state index is -0.833. The van der Waals surface area contributed by atoms with Gasteiger partial charge in [-0.15, -0.1) is 12.2 Å². The molecule has 1 N–H and O–H groups in total. The van der Waals surface area contributed by atoms with Crippen LogP contribution >= 0.6 is 12.2 Å². The van der Waals surface area contributed by atoms with E-state index < -0.39 is 5.97 Å². The molecule has 0 aromatic heterocycles. The summed E-state index contributed by atoms with van der Waals surface area (Å²) >= 11 is 3.98. The van der Waals surface area contributed by atoms with Gasteiger partial charge in [0.05, 0.1) is 0 Å². The molecule has 0 rings (SSSR count). The van der Waals surface area contributed by atoms with Gasteiger partial charge in [0.2, 0.25) is 0 Å². The molecule has 0 bridgehead atoms. The Bertz CT molecular complexity index is 73.8. The van der Waals surface area contributed by atoms with Crippen LogP contribution in [0.15, 0.2) is 0 Å². The third-order valence-electron chi connectivity index (χ3n) is 0. The van der Waals surface area contributed by atoms with E-state index in [0.717, 1.165) is 6.92 Å². The van der Waals surface area contributed by atoms with Gasteiger partial charge in [0.15, 0.2) is 0 Å². The van der Waals surface area contributed by atoms with Gasteiger partial charge in [-0.2, -0.15) is 0 Å².